The number of rotatable bonds is 2. The highest BCUT2D eigenvalue weighted by Crippen LogP contribution is 2.56. The van der Waals surface area contributed by atoms with Gasteiger partial charge in [0.2, 0.25) is 0 Å². The first kappa shape index (κ1) is 9.00. The Kier molecular flexibility index (Phi) is 1.88. The van der Waals surface area contributed by atoms with Crippen molar-refractivity contribution in [3.8, 4) is 0 Å². The third-order valence-electron chi connectivity index (χ3n) is 3.98. The summed E-state index contributed by atoms with van der Waals surface area (Å²) in [7, 11) is 1.46. The normalized spacial score (nSPS) is 28.5. The predicted octanol–water partition coefficient (Wildman–Crippen LogP) is 1.21. The lowest BCUT2D eigenvalue weighted by atomic mass is 9.51. The lowest BCUT2D eigenvalue weighted by Crippen LogP contribution is -2.66. The molecule has 0 aromatic carbocycles. The van der Waals surface area contributed by atoms with Crippen LogP contribution in [-0.2, 0) is 9.53 Å². The van der Waals surface area contributed by atoms with Gasteiger partial charge in [0.25, 0.3) is 0 Å². The molecule has 2 N–H and O–H groups in total. The molecule has 2 aliphatic rings. The van der Waals surface area contributed by atoms with Gasteiger partial charge in [0.05, 0.1) is 12.5 Å². The Morgan fingerprint density at radius 3 is 2.00 bits per heavy atom. The quantitative estimate of drug-likeness (QED) is 0.655. The van der Waals surface area contributed by atoms with Gasteiger partial charge < -0.3 is 10.5 Å². The van der Waals surface area contributed by atoms with E-state index < -0.39 is 0 Å². The number of hydrogen-bond donors (Lipinski definition) is 1. The molecule has 0 aromatic heterocycles. The van der Waals surface area contributed by atoms with E-state index in [4.69, 9.17) is 10.5 Å². The summed E-state index contributed by atoms with van der Waals surface area (Å²) in [5, 5.41) is 0. The first-order valence-electron chi connectivity index (χ1n) is 5.02. The molecule has 2 fully saturated rings. The van der Waals surface area contributed by atoms with Crippen molar-refractivity contribution in [2.45, 2.75) is 44.1 Å². The maximum Gasteiger partial charge on any atom is 0.313 e. The van der Waals surface area contributed by atoms with Crippen molar-refractivity contribution in [1.29, 1.82) is 0 Å². The van der Waals surface area contributed by atoms with E-state index in [9.17, 15) is 4.79 Å². The highest BCUT2D eigenvalue weighted by molar-refractivity contribution is 5.80. The van der Waals surface area contributed by atoms with Crippen molar-refractivity contribution in [2.24, 2.45) is 11.1 Å². The van der Waals surface area contributed by atoms with Crippen LogP contribution in [0.5, 0.6) is 0 Å². The first-order valence-corrected chi connectivity index (χ1v) is 5.02. The van der Waals surface area contributed by atoms with Crippen molar-refractivity contribution in [3.05, 3.63) is 0 Å². The van der Waals surface area contributed by atoms with E-state index >= 15 is 0 Å². The summed E-state index contributed by atoms with van der Waals surface area (Å²) < 4.78 is 4.86. The van der Waals surface area contributed by atoms with Gasteiger partial charge in [-0.05, 0) is 32.1 Å². The minimum absolute atomic E-state index is 0.0825. The van der Waals surface area contributed by atoms with Crippen molar-refractivity contribution in [3.63, 3.8) is 0 Å². The topological polar surface area (TPSA) is 52.3 Å². The molecular weight excluding hydrogens is 166 g/mol. The van der Waals surface area contributed by atoms with Gasteiger partial charge in [0.15, 0.2) is 0 Å². The molecule has 3 heteroatoms. The summed E-state index contributed by atoms with van der Waals surface area (Å²) in [5.41, 5.74) is 5.66. The van der Waals surface area contributed by atoms with Gasteiger partial charge in [-0.2, -0.15) is 0 Å². The third kappa shape index (κ3) is 0.966. The Balaban J connectivity index is 2.19. The fourth-order valence-corrected chi connectivity index (χ4v) is 2.67. The van der Waals surface area contributed by atoms with Crippen LogP contribution in [0.1, 0.15) is 38.5 Å². The number of esters is 1. The maximum absolute atomic E-state index is 11.7. The Bertz CT molecular complexity index is 229. The maximum atomic E-state index is 11.7. The number of carbonyl (C=O) groups excluding carboxylic acids is 1. The average Bonchev–Trinajstić information content (AvgIpc) is 1.98. The summed E-state index contributed by atoms with van der Waals surface area (Å²) in [6.07, 6.45) is 6.11. The molecule has 0 atom stereocenters. The van der Waals surface area contributed by atoms with Crippen LogP contribution in [0.2, 0.25) is 0 Å². The van der Waals surface area contributed by atoms with Crippen molar-refractivity contribution in [1.82, 2.24) is 0 Å². The van der Waals surface area contributed by atoms with Crippen LogP contribution >= 0.6 is 0 Å². The zero-order valence-corrected chi connectivity index (χ0v) is 8.14. The Labute approximate surface area is 78.6 Å². The van der Waals surface area contributed by atoms with E-state index in [2.05, 4.69) is 0 Å². The van der Waals surface area contributed by atoms with E-state index in [-0.39, 0.29) is 16.9 Å². The second-order valence-corrected chi connectivity index (χ2v) is 4.44. The molecule has 0 bridgehead atoms. The average molecular weight is 183 g/mol. The van der Waals surface area contributed by atoms with Gasteiger partial charge in [0.1, 0.15) is 0 Å². The van der Waals surface area contributed by atoms with E-state index in [1.807, 2.05) is 0 Å². The lowest BCUT2D eigenvalue weighted by molar-refractivity contribution is -0.169. The molecule has 0 spiro atoms. The molecule has 0 saturated heterocycles. The monoisotopic (exact) mass is 183 g/mol. The molecule has 0 aromatic rings. The standard InChI is InChI=1S/C10H17NO2/c1-13-8(12)9(4-2-5-9)10(11)6-3-7-10/h2-7,11H2,1H3. The highest BCUT2D eigenvalue weighted by Gasteiger charge is 2.60. The van der Waals surface area contributed by atoms with Gasteiger partial charge in [-0.3, -0.25) is 4.79 Å². The SMILES string of the molecule is COC(=O)C1(C2(N)CCC2)CCC1. The van der Waals surface area contributed by atoms with Gasteiger partial charge >= 0.3 is 5.97 Å². The fourth-order valence-electron chi connectivity index (χ4n) is 2.67. The Morgan fingerprint density at radius 2 is 1.77 bits per heavy atom. The summed E-state index contributed by atoms with van der Waals surface area (Å²) in [5.74, 6) is -0.0825. The van der Waals surface area contributed by atoms with Gasteiger partial charge in [-0.1, -0.05) is 6.42 Å². The van der Waals surface area contributed by atoms with Gasteiger partial charge in [-0.15, -0.1) is 0 Å². The van der Waals surface area contributed by atoms with E-state index in [0.717, 1.165) is 38.5 Å². The van der Waals surface area contributed by atoms with Crippen LogP contribution in [0.15, 0.2) is 0 Å². The minimum atomic E-state index is -0.319. The van der Waals surface area contributed by atoms with Gasteiger partial charge in [0, 0.05) is 5.54 Å². The molecule has 13 heavy (non-hydrogen) atoms. The molecule has 2 saturated carbocycles. The first-order chi connectivity index (χ1) is 6.15. The second kappa shape index (κ2) is 2.71. The Morgan fingerprint density at radius 1 is 1.23 bits per heavy atom. The summed E-state index contributed by atoms with van der Waals surface area (Å²) in [4.78, 5) is 11.7. The molecule has 0 amide bonds. The lowest BCUT2D eigenvalue weighted by Gasteiger charge is -2.56. The number of hydrogen-bond acceptors (Lipinski definition) is 3. The van der Waals surface area contributed by atoms with Gasteiger partial charge in [-0.25, -0.2) is 0 Å². The number of methoxy groups -OCH3 is 1. The summed E-state index contributed by atoms with van der Waals surface area (Å²) in [6.45, 7) is 0. The Hall–Kier alpha value is -0.570. The van der Waals surface area contributed by atoms with Crippen LogP contribution in [0, 0.1) is 5.41 Å². The van der Waals surface area contributed by atoms with Crippen molar-refractivity contribution < 1.29 is 9.53 Å². The number of nitrogens with two attached hydrogens (primary N) is 1. The van der Waals surface area contributed by atoms with Crippen LogP contribution in [0.3, 0.4) is 0 Å². The number of ether oxygens (including phenoxy) is 1. The largest absolute Gasteiger partial charge is 0.469 e. The summed E-state index contributed by atoms with van der Waals surface area (Å²) >= 11 is 0. The molecule has 0 radical (unpaired) electrons. The molecule has 2 rings (SSSR count). The van der Waals surface area contributed by atoms with Crippen molar-refractivity contribution >= 4 is 5.97 Å². The summed E-state index contributed by atoms with van der Waals surface area (Å²) in [6, 6.07) is 0. The third-order valence-corrected chi connectivity index (χ3v) is 3.98. The van der Waals surface area contributed by atoms with E-state index in [1.165, 1.54) is 7.11 Å². The molecule has 0 aliphatic heterocycles. The molecule has 0 unspecified atom stereocenters. The molecule has 3 nitrogen and oxygen atoms in total. The highest BCUT2D eigenvalue weighted by atomic mass is 16.5. The van der Waals surface area contributed by atoms with Crippen LogP contribution in [0.25, 0.3) is 0 Å². The zero-order valence-electron chi connectivity index (χ0n) is 8.14. The van der Waals surface area contributed by atoms with Crippen molar-refractivity contribution in [2.75, 3.05) is 7.11 Å². The fraction of sp³-hybridized carbons (Fsp3) is 0.900. The molecule has 0 heterocycles. The molecule has 74 valence electrons. The van der Waals surface area contributed by atoms with Crippen LogP contribution in [0.4, 0.5) is 0 Å². The van der Waals surface area contributed by atoms with Crippen LogP contribution in [-0.4, -0.2) is 18.6 Å². The second-order valence-electron chi connectivity index (χ2n) is 4.44. The van der Waals surface area contributed by atoms with E-state index in [0.29, 0.717) is 0 Å². The van der Waals surface area contributed by atoms with E-state index in [1.54, 1.807) is 0 Å². The smallest absolute Gasteiger partial charge is 0.313 e. The predicted molar refractivity (Wildman–Crippen MR) is 49.1 cm³/mol. The minimum Gasteiger partial charge on any atom is -0.469 e. The molecule has 2 aliphatic carbocycles. The number of carbonyl (C=O) groups is 1. The zero-order chi connectivity index (χ0) is 9.53. The molecular formula is C10H17NO2. The van der Waals surface area contributed by atoms with Crippen LogP contribution < -0.4 is 5.73 Å².